The molecule has 2 fully saturated rings. The zero-order valence-electron chi connectivity index (χ0n) is 48.6. The van der Waals surface area contributed by atoms with Crippen molar-refractivity contribution in [1.82, 2.24) is 15.3 Å². The molecule has 86 heavy (non-hydrogen) atoms. The number of fused-ring (bicyclic) bond motifs is 10. The summed E-state index contributed by atoms with van der Waals surface area (Å²) in [6.07, 6.45) is 13.0. The van der Waals surface area contributed by atoms with E-state index < -0.39 is 65.3 Å². The summed E-state index contributed by atoms with van der Waals surface area (Å²) in [4.78, 5) is 39.4. The standard InChI is InChI=1S/C73H76N4O9/c78-34-27-53-62(80)22-19-42-35-57(68(82)63(36-42)86-49-14-2-3-15-49)67(81)56-38-47-37-45-25-32-76-71(45)77-60-21-20-46-41-74-31-8-11-43-9-1-4-16-50(43)55(56)39-59(47)73(70(46)84)28-7-13-48(73)12-6-17-54-64(60)65(69(53)83)58(52-26-33-75-66(52)54)40-72(85)29-23-44-10-5-18-61(79)51(44)24-30-72/h1,4-5,9-10,16,18,24-26,30,32-33,35-36,38-39,46,48-49,53,58,60,65,67,70,74-79,81-82,84-85H,2-3,7-8,11,13-15,17,19,22-23,27-29,31,34,37,40-41H2/t46-,48-,53+,58-,60+,65-,67+,70+,72-,73-/m0/s1. The largest absolute Gasteiger partial charge is 0.507 e. The number of rotatable bonds is 6. The van der Waals surface area contributed by atoms with Crippen LogP contribution in [0.1, 0.15) is 157 Å². The highest BCUT2D eigenvalue weighted by Gasteiger charge is 2.54. The van der Waals surface area contributed by atoms with Gasteiger partial charge >= 0.3 is 0 Å². The Morgan fingerprint density at radius 3 is 2.48 bits per heavy atom. The molecule has 0 unspecified atom stereocenters. The van der Waals surface area contributed by atoms with E-state index in [0.717, 1.165) is 94.3 Å². The number of aliphatic hydroxyl groups excluding tert-OH is 3. The van der Waals surface area contributed by atoms with Crippen LogP contribution in [0.5, 0.6) is 17.2 Å². The van der Waals surface area contributed by atoms with Crippen LogP contribution in [0.25, 0.3) is 22.8 Å². The van der Waals surface area contributed by atoms with E-state index >= 15 is 9.59 Å². The van der Waals surface area contributed by atoms with Gasteiger partial charge in [0.2, 0.25) is 0 Å². The molecular weight excluding hydrogens is 1080 g/mol. The van der Waals surface area contributed by atoms with Crippen LogP contribution in [0.3, 0.4) is 0 Å². The molecule has 2 aromatic heterocycles. The number of aryl methyl sites for hydroxylation is 3. The molecule has 6 aromatic rings. The van der Waals surface area contributed by atoms with Gasteiger partial charge < -0.3 is 56.0 Å². The molecule has 5 heterocycles. The number of aromatic hydroxyl groups is 2. The fraction of sp³-hybridized carbons (Fsp3) is 0.425. The second-order valence-electron chi connectivity index (χ2n) is 25.7. The zero-order chi connectivity index (χ0) is 58.8. The molecule has 0 amide bonds. The number of carbonyl (C=O) groups is 2. The predicted octanol–water partition coefficient (Wildman–Crippen LogP) is 10.2. The number of nitrogens with one attached hydrogen (secondary N) is 4. The number of ketones is 2. The van der Waals surface area contributed by atoms with Crippen LogP contribution < -0.4 is 15.4 Å². The van der Waals surface area contributed by atoms with Crippen LogP contribution in [0, 0.1) is 47.4 Å². The van der Waals surface area contributed by atoms with E-state index in [1.807, 2.05) is 36.7 Å². The minimum absolute atomic E-state index is 0.0547. The lowest BCUT2D eigenvalue weighted by atomic mass is 9.62. The van der Waals surface area contributed by atoms with E-state index in [2.05, 4.69) is 74.6 Å². The first-order valence-corrected chi connectivity index (χ1v) is 31.5. The molecule has 5 aliphatic carbocycles. The molecule has 2 saturated carbocycles. The van der Waals surface area contributed by atoms with Crippen LogP contribution in [0.2, 0.25) is 0 Å². The van der Waals surface area contributed by atoms with Crippen molar-refractivity contribution in [2.24, 2.45) is 23.7 Å². The fourth-order valence-corrected chi connectivity index (χ4v) is 16.5. The summed E-state index contributed by atoms with van der Waals surface area (Å²) in [7, 11) is 0. The SMILES string of the molecule is O=C1CCc2cc(OC3CCCC3)c(O)c(c2)[C@H](O)c2cc3c4cc2-c2ccccc2CCCNC[C@@H]2C#C[C@@H](Nc5[nH]ccc5C3)C3=C(CC#C[C@H]5CCC[C@@]45[C@@H]2O)c2[nH]ccc2[C@H](C[C@@]2(O)C=Cc4c(O)cccc4CC2)[C@@H]3C(=O)[C@@H]1CCO. The number of allylic oxidation sites excluding steroid dienone is 1. The Labute approximate surface area is 502 Å². The molecule has 9 bridgehead atoms. The number of benzene rings is 4. The number of aliphatic hydroxyl groups is 4. The molecule has 0 radical (unpaired) electrons. The summed E-state index contributed by atoms with van der Waals surface area (Å²) in [5.74, 6) is 10.8. The molecule has 3 aliphatic heterocycles. The first-order chi connectivity index (χ1) is 41.9. The molecule has 1 spiro atoms. The summed E-state index contributed by atoms with van der Waals surface area (Å²) < 4.78 is 6.69. The number of phenolic OH excluding ortho intramolecular Hbond substituents is 2. The average molecular weight is 1150 g/mol. The third-order valence-corrected chi connectivity index (χ3v) is 20.8. The van der Waals surface area contributed by atoms with Crippen molar-refractivity contribution in [2.45, 2.75) is 150 Å². The third kappa shape index (κ3) is 9.90. The highest BCUT2D eigenvalue weighted by atomic mass is 16.5. The van der Waals surface area contributed by atoms with Crippen molar-refractivity contribution in [3.8, 4) is 52.1 Å². The Hall–Kier alpha value is -7.62. The van der Waals surface area contributed by atoms with Crippen LogP contribution in [0.4, 0.5) is 5.82 Å². The minimum Gasteiger partial charge on any atom is -0.507 e. The average Bonchev–Trinajstić information content (AvgIpc) is 1.32. The van der Waals surface area contributed by atoms with Crippen LogP contribution in [0.15, 0.2) is 103 Å². The Bertz CT molecular complexity index is 3860. The maximum atomic E-state index is 16.7. The first kappa shape index (κ1) is 56.2. The van der Waals surface area contributed by atoms with Gasteiger partial charge in [-0.05, 0) is 193 Å². The van der Waals surface area contributed by atoms with Gasteiger partial charge in [-0.2, -0.15) is 0 Å². The summed E-state index contributed by atoms with van der Waals surface area (Å²) in [6, 6.07) is 24.7. The number of H-pyrrole nitrogens is 2. The molecule has 8 aliphatic rings. The lowest BCUT2D eigenvalue weighted by Gasteiger charge is -2.43. The van der Waals surface area contributed by atoms with Crippen molar-refractivity contribution in [3.63, 3.8) is 0 Å². The normalized spacial score (nSPS) is 28.7. The van der Waals surface area contributed by atoms with Gasteiger partial charge in [0.05, 0.1) is 35.6 Å². The van der Waals surface area contributed by atoms with Gasteiger partial charge in [0.1, 0.15) is 29.5 Å². The number of Topliss-reactive ketones (excluding diaryl/α,β-unsaturated/α-hetero) is 2. The van der Waals surface area contributed by atoms with Crippen LogP contribution in [-0.2, 0) is 40.7 Å². The van der Waals surface area contributed by atoms with Crippen molar-refractivity contribution in [1.29, 1.82) is 0 Å². The van der Waals surface area contributed by atoms with E-state index in [1.165, 1.54) is 0 Å². The van der Waals surface area contributed by atoms with E-state index in [-0.39, 0.29) is 79.1 Å². The van der Waals surface area contributed by atoms with E-state index in [0.29, 0.717) is 73.3 Å². The highest BCUT2D eigenvalue weighted by Crippen LogP contribution is 2.56. The lowest BCUT2D eigenvalue weighted by molar-refractivity contribution is -0.136. The second kappa shape index (κ2) is 22.9. The molecule has 10 N–H and O–H groups in total. The highest BCUT2D eigenvalue weighted by molar-refractivity contribution is 6.06. The quantitative estimate of drug-likeness (QED) is 0.0559. The summed E-state index contributed by atoms with van der Waals surface area (Å²) in [5, 5.41) is 82.9. The molecule has 14 rings (SSSR count). The van der Waals surface area contributed by atoms with Gasteiger partial charge in [0, 0.05) is 78.9 Å². The predicted molar refractivity (Wildman–Crippen MR) is 330 cm³/mol. The number of aromatic amines is 2. The zero-order valence-corrected chi connectivity index (χ0v) is 48.6. The topological polar surface area (TPSA) is 220 Å². The van der Waals surface area contributed by atoms with Crippen LogP contribution in [-0.4, -0.2) is 95.7 Å². The monoisotopic (exact) mass is 1150 g/mol. The maximum absolute atomic E-state index is 16.7. The van der Waals surface area contributed by atoms with Gasteiger partial charge in [0.15, 0.2) is 17.3 Å². The molecule has 4 aromatic carbocycles. The van der Waals surface area contributed by atoms with Gasteiger partial charge in [-0.25, -0.2) is 0 Å². The molecule has 442 valence electrons. The van der Waals surface area contributed by atoms with E-state index in [9.17, 15) is 30.6 Å². The Morgan fingerprint density at radius 2 is 1.60 bits per heavy atom. The third-order valence-electron chi connectivity index (χ3n) is 20.8. The molecule has 10 atom stereocenters. The van der Waals surface area contributed by atoms with Crippen molar-refractivity contribution in [2.75, 3.05) is 25.0 Å². The fourth-order valence-electron chi connectivity index (χ4n) is 16.5. The summed E-state index contributed by atoms with van der Waals surface area (Å²) >= 11 is 0. The number of hydrogen-bond donors (Lipinski definition) is 10. The van der Waals surface area contributed by atoms with Gasteiger partial charge in [-0.15, -0.1) is 0 Å². The minimum atomic E-state index is -1.51. The van der Waals surface area contributed by atoms with Gasteiger partial charge in [-0.1, -0.05) is 84.7 Å². The number of ether oxygens (including phenoxy) is 1. The Morgan fingerprint density at radius 1 is 0.756 bits per heavy atom. The Kier molecular flexibility index (Phi) is 15.0. The molecule has 13 heteroatoms. The van der Waals surface area contributed by atoms with Crippen LogP contribution >= 0.6 is 0 Å². The van der Waals surface area contributed by atoms with Gasteiger partial charge in [-0.3, -0.25) is 9.59 Å². The lowest BCUT2D eigenvalue weighted by Crippen LogP contribution is -2.49. The number of aromatic nitrogens is 2. The number of hydrogen-bond acceptors (Lipinski definition) is 11. The van der Waals surface area contributed by atoms with Crippen molar-refractivity contribution in [3.05, 3.63) is 164 Å². The van der Waals surface area contributed by atoms with Crippen molar-refractivity contribution < 1.29 is 45.0 Å². The molecular formula is C73H76N4O9. The number of anilines is 1. The maximum Gasteiger partial charge on any atom is 0.163 e. The number of phenols is 2. The smallest absolute Gasteiger partial charge is 0.163 e. The van der Waals surface area contributed by atoms with E-state index in [1.54, 1.807) is 36.4 Å². The Balaban J connectivity index is 1.07. The van der Waals surface area contributed by atoms with Crippen molar-refractivity contribution >= 4 is 29.0 Å². The molecule has 0 saturated heterocycles. The molecule has 13 nitrogen and oxygen atoms in total. The first-order valence-electron chi connectivity index (χ1n) is 31.5. The van der Waals surface area contributed by atoms with Gasteiger partial charge in [0.25, 0.3) is 0 Å². The second-order valence-corrected chi connectivity index (χ2v) is 25.7. The van der Waals surface area contributed by atoms with E-state index in [4.69, 9.17) is 4.74 Å². The summed E-state index contributed by atoms with van der Waals surface area (Å²) in [6.45, 7) is 0.516. The number of carbonyl (C=O) groups excluding carboxylic acids is 2. The summed E-state index contributed by atoms with van der Waals surface area (Å²) in [5.41, 5.74) is 8.94.